The molecule has 1 amide bonds. The molecule has 6 nitrogen and oxygen atoms in total. The summed E-state index contributed by atoms with van der Waals surface area (Å²) in [7, 11) is 0. The number of aromatic nitrogens is 2. The molecule has 1 aromatic rings. The summed E-state index contributed by atoms with van der Waals surface area (Å²) in [4.78, 5) is 22.9. The van der Waals surface area contributed by atoms with Crippen LogP contribution in [0.3, 0.4) is 0 Å². The molecule has 0 unspecified atom stereocenters. The van der Waals surface area contributed by atoms with Gasteiger partial charge in [0.05, 0.1) is 11.2 Å². The van der Waals surface area contributed by atoms with Crippen LogP contribution in [0.4, 0.5) is 5.69 Å². The molecule has 1 aliphatic carbocycles. The molecular weight excluding hydrogens is 268 g/mol. The minimum absolute atomic E-state index is 0.153. The number of rotatable bonds is 6. The number of primary amides is 1. The van der Waals surface area contributed by atoms with Crippen molar-refractivity contribution in [3.63, 3.8) is 0 Å². The maximum absolute atomic E-state index is 12.2. The molecule has 0 radical (unpaired) electrons. The topological polar surface area (TPSA) is 90.0 Å². The highest BCUT2D eigenvalue weighted by atomic mass is 35.5. The van der Waals surface area contributed by atoms with Gasteiger partial charge in [-0.3, -0.25) is 9.59 Å². The Labute approximate surface area is 115 Å². The van der Waals surface area contributed by atoms with E-state index < -0.39 is 5.91 Å². The van der Waals surface area contributed by atoms with Gasteiger partial charge in [0.2, 0.25) is 5.91 Å². The number of hydrogen-bond donors (Lipinski definition) is 2. The molecule has 0 aliphatic heterocycles. The second kappa shape index (κ2) is 6.06. The fraction of sp³-hybridized carbons (Fsp3) is 0.583. The molecule has 104 valence electrons. The molecule has 0 atom stereocenters. The van der Waals surface area contributed by atoms with E-state index >= 15 is 0 Å². The maximum Gasteiger partial charge on any atom is 0.291 e. The molecule has 0 spiro atoms. The van der Waals surface area contributed by atoms with Gasteiger partial charge in [-0.25, -0.2) is 4.68 Å². The fourth-order valence-electron chi connectivity index (χ4n) is 1.99. The van der Waals surface area contributed by atoms with Crippen molar-refractivity contribution in [2.24, 2.45) is 11.7 Å². The minimum atomic E-state index is -0.424. The maximum atomic E-state index is 12.2. The first-order chi connectivity index (χ1) is 9.08. The van der Waals surface area contributed by atoms with Crippen LogP contribution >= 0.6 is 11.6 Å². The largest absolute Gasteiger partial charge is 0.379 e. The molecular formula is C12H17ClN4O2. The highest BCUT2D eigenvalue weighted by molar-refractivity contribution is 6.33. The molecule has 1 saturated carbocycles. The smallest absolute Gasteiger partial charge is 0.291 e. The van der Waals surface area contributed by atoms with Gasteiger partial charge in [0.25, 0.3) is 5.56 Å². The van der Waals surface area contributed by atoms with Crippen LogP contribution in [-0.4, -0.2) is 22.2 Å². The lowest BCUT2D eigenvalue weighted by molar-refractivity contribution is -0.117. The van der Waals surface area contributed by atoms with Crippen LogP contribution < -0.4 is 16.6 Å². The van der Waals surface area contributed by atoms with Crippen LogP contribution in [-0.2, 0) is 11.3 Å². The minimum Gasteiger partial charge on any atom is -0.379 e. The van der Waals surface area contributed by atoms with E-state index in [-0.39, 0.29) is 29.2 Å². The lowest BCUT2D eigenvalue weighted by Crippen LogP contribution is -2.31. The lowest BCUT2D eigenvalue weighted by Gasteiger charge is -2.25. The van der Waals surface area contributed by atoms with Crippen molar-refractivity contribution in [2.75, 3.05) is 11.9 Å². The predicted molar refractivity (Wildman–Crippen MR) is 73.1 cm³/mol. The van der Waals surface area contributed by atoms with Gasteiger partial charge in [-0.15, -0.1) is 0 Å². The van der Waals surface area contributed by atoms with Gasteiger partial charge < -0.3 is 11.1 Å². The van der Waals surface area contributed by atoms with Gasteiger partial charge in [0.15, 0.2) is 0 Å². The molecule has 2 rings (SSSR count). The molecule has 0 bridgehead atoms. The van der Waals surface area contributed by atoms with Crippen LogP contribution in [0.5, 0.6) is 0 Å². The first kappa shape index (κ1) is 13.9. The van der Waals surface area contributed by atoms with Crippen LogP contribution in [0.25, 0.3) is 0 Å². The standard InChI is InChI=1S/C12H17ClN4O2/c13-9-6-16-17(7-8-2-1-3-8)12(19)11(9)15-5-4-10(14)18/h6,8,15H,1-5,7H2,(H2,14,18). The number of anilines is 1. The number of nitrogens with zero attached hydrogens (tertiary/aromatic N) is 2. The van der Waals surface area contributed by atoms with Crippen LogP contribution in [0.1, 0.15) is 25.7 Å². The zero-order valence-corrected chi connectivity index (χ0v) is 11.3. The Balaban J connectivity index is 2.09. The number of nitrogens with two attached hydrogens (primary N) is 1. The van der Waals surface area contributed by atoms with Crippen molar-refractivity contribution < 1.29 is 4.79 Å². The second-order valence-electron chi connectivity index (χ2n) is 4.79. The highest BCUT2D eigenvalue weighted by Gasteiger charge is 2.20. The molecule has 1 fully saturated rings. The Bertz CT molecular complexity index is 525. The Kier molecular flexibility index (Phi) is 4.42. The number of nitrogens with one attached hydrogen (secondary N) is 1. The van der Waals surface area contributed by atoms with Crippen molar-refractivity contribution in [3.8, 4) is 0 Å². The molecule has 0 aromatic carbocycles. The van der Waals surface area contributed by atoms with Gasteiger partial charge in [0, 0.05) is 19.5 Å². The van der Waals surface area contributed by atoms with E-state index in [0.29, 0.717) is 12.5 Å². The number of halogens is 1. The molecule has 7 heteroatoms. The number of carbonyl (C=O) groups excluding carboxylic acids is 1. The average Bonchev–Trinajstić information content (AvgIpc) is 2.30. The Morgan fingerprint density at radius 1 is 1.58 bits per heavy atom. The quantitative estimate of drug-likeness (QED) is 0.815. The van der Waals surface area contributed by atoms with Gasteiger partial charge in [-0.1, -0.05) is 18.0 Å². The Hall–Kier alpha value is -1.56. The van der Waals surface area contributed by atoms with E-state index in [4.69, 9.17) is 17.3 Å². The van der Waals surface area contributed by atoms with E-state index in [1.54, 1.807) is 0 Å². The predicted octanol–water partition coefficient (Wildman–Crippen LogP) is 0.984. The van der Waals surface area contributed by atoms with Crippen molar-refractivity contribution >= 4 is 23.2 Å². The van der Waals surface area contributed by atoms with Gasteiger partial charge in [-0.2, -0.15) is 5.10 Å². The molecule has 3 N–H and O–H groups in total. The van der Waals surface area contributed by atoms with E-state index in [1.165, 1.54) is 17.3 Å². The van der Waals surface area contributed by atoms with Crippen molar-refractivity contribution in [1.29, 1.82) is 0 Å². The number of hydrogen-bond acceptors (Lipinski definition) is 4. The molecule has 1 aliphatic rings. The van der Waals surface area contributed by atoms with Crippen LogP contribution in [0.15, 0.2) is 11.0 Å². The Morgan fingerprint density at radius 3 is 2.89 bits per heavy atom. The van der Waals surface area contributed by atoms with Crippen molar-refractivity contribution in [2.45, 2.75) is 32.2 Å². The summed E-state index contributed by atoms with van der Waals surface area (Å²) in [5.74, 6) is 0.109. The van der Waals surface area contributed by atoms with Crippen molar-refractivity contribution in [1.82, 2.24) is 9.78 Å². The van der Waals surface area contributed by atoms with E-state index in [0.717, 1.165) is 12.8 Å². The third-order valence-electron chi connectivity index (χ3n) is 3.33. The van der Waals surface area contributed by atoms with E-state index in [9.17, 15) is 9.59 Å². The summed E-state index contributed by atoms with van der Waals surface area (Å²) < 4.78 is 1.43. The third-order valence-corrected chi connectivity index (χ3v) is 3.61. The summed E-state index contributed by atoms with van der Waals surface area (Å²) >= 11 is 5.95. The summed E-state index contributed by atoms with van der Waals surface area (Å²) in [6.07, 6.45) is 5.11. The molecule has 19 heavy (non-hydrogen) atoms. The summed E-state index contributed by atoms with van der Waals surface area (Å²) in [5, 5.41) is 7.16. The number of carbonyl (C=O) groups is 1. The van der Waals surface area contributed by atoms with E-state index in [2.05, 4.69) is 10.4 Å². The molecule has 0 saturated heterocycles. The first-order valence-corrected chi connectivity index (χ1v) is 6.73. The zero-order valence-electron chi connectivity index (χ0n) is 10.6. The Morgan fingerprint density at radius 2 is 2.32 bits per heavy atom. The fourth-order valence-corrected chi connectivity index (χ4v) is 2.18. The monoisotopic (exact) mass is 284 g/mol. The van der Waals surface area contributed by atoms with Crippen molar-refractivity contribution in [3.05, 3.63) is 21.6 Å². The normalized spacial score (nSPS) is 15.0. The van der Waals surface area contributed by atoms with Gasteiger partial charge in [0.1, 0.15) is 5.69 Å². The molecule has 1 aromatic heterocycles. The zero-order chi connectivity index (χ0) is 13.8. The summed E-state index contributed by atoms with van der Waals surface area (Å²) in [6, 6.07) is 0. The summed E-state index contributed by atoms with van der Waals surface area (Å²) in [6.45, 7) is 0.915. The third kappa shape index (κ3) is 3.47. The average molecular weight is 285 g/mol. The van der Waals surface area contributed by atoms with Gasteiger partial charge >= 0.3 is 0 Å². The first-order valence-electron chi connectivity index (χ1n) is 6.35. The lowest BCUT2D eigenvalue weighted by atomic mass is 9.85. The van der Waals surface area contributed by atoms with Crippen LogP contribution in [0.2, 0.25) is 5.02 Å². The van der Waals surface area contributed by atoms with E-state index in [1.807, 2.05) is 0 Å². The molecule has 1 heterocycles. The number of amides is 1. The SMILES string of the molecule is NC(=O)CCNc1c(Cl)cnn(CC2CCC2)c1=O. The second-order valence-corrected chi connectivity index (χ2v) is 5.20. The van der Waals surface area contributed by atoms with Crippen LogP contribution in [0, 0.1) is 5.92 Å². The highest BCUT2D eigenvalue weighted by Crippen LogP contribution is 2.27. The van der Waals surface area contributed by atoms with Gasteiger partial charge in [-0.05, 0) is 18.8 Å². The summed E-state index contributed by atoms with van der Waals surface area (Å²) in [5.41, 5.74) is 5.09.